The summed E-state index contributed by atoms with van der Waals surface area (Å²) in [5.74, 6) is 0.726. The van der Waals surface area contributed by atoms with E-state index in [4.69, 9.17) is 14.4 Å². The van der Waals surface area contributed by atoms with Crippen molar-refractivity contribution < 1.29 is 9.15 Å². The van der Waals surface area contributed by atoms with Crippen LogP contribution in [0.5, 0.6) is 5.88 Å². The molecule has 0 aromatic carbocycles. The van der Waals surface area contributed by atoms with Gasteiger partial charge in [0.15, 0.2) is 4.67 Å². The predicted octanol–water partition coefficient (Wildman–Crippen LogP) is 3.16. The maximum atomic E-state index is 9.08. The van der Waals surface area contributed by atoms with E-state index in [0.29, 0.717) is 27.6 Å². The molecular formula is C12H10BrN3O2. The molecule has 0 unspecified atom stereocenters. The summed E-state index contributed by atoms with van der Waals surface area (Å²) in [7, 11) is 0. The van der Waals surface area contributed by atoms with E-state index in [1.807, 2.05) is 19.9 Å². The Labute approximate surface area is 113 Å². The number of ether oxygens (including phenoxy) is 1. The normalized spacial score (nSPS) is 10.4. The summed E-state index contributed by atoms with van der Waals surface area (Å²) in [6.07, 6.45) is 3.07. The third kappa shape index (κ3) is 2.68. The van der Waals surface area contributed by atoms with Crippen molar-refractivity contribution in [1.29, 1.82) is 5.26 Å². The van der Waals surface area contributed by atoms with Gasteiger partial charge in [-0.15, -0.1) is 0 Å². The smallest absolute Gasteiger partial charge is 0.231 e. The lowest BCUT2D eigenvalue weighted by atomic mass is 10.2. The molecule has 0 bridgehead atoms. The van der Waals surface area contributed by atoms with Crippen molar-refractivity contribution in [3.05, 3.63) is 28.7 Å². The molecular weight excluding hydrogens is 298 g/mol. The van der Waals surface area contributed by atoms with Crippen LogP contribution in [0.4, 0.5) is 0 Å². The Morgan fingerprint density at radius 3 is 2.72 bits per heavy atom. The largest absolute Gasteiger partial charge is 0.474 e. The van der Waals surface area contributed by atoms with Crippen LogP contribution in [0.15, 0.2) is 27.5 Å². The average Bonchev–Trinajstić information content (AvgIpc) is 2.75. The number of hydrogen-bond acceptors (Lipinski definition) is 5. The van der Waals surface area contributed by atoms with Gasteiger partial charge in [-0.05, 0) is 35.8 Å². The lowest BCUT2D eigenvalue weighted by Gasteiger charge is -2.09. The fourth-order valence-electron chi connectivity index (χ4n) is 1.35. The lowest BCUT2D eigenvalue weighted by Crippen LogP contribution is -2.08. The van der Waals surface area contributed by atoms with Gasteiger partial charge < -0.3 is 9.15 Å². The molecule has 0 radical (unpaired) electrons. The second-order valence-corrected chi connectivity index (χ2v) is 4.61. The Hall–Kier alpha value is -1.87. The molecule has 2 heterocycles. The molecule has 0 spiro atoms. The summed E-state index contributed by atoms with van der Waals surface area (Å²) in [6.45, 7) is 3.75. The molecule has 0 fully saturated rings. The minimum absolute atomic E-state index is 0.0358. The van der Waals surface area contributed by atoms with E-state index in [9.17, 15) is 0 Å². The van der Waals surface area contributed by atoms with Crippen LogP contribution in [0.3, 0.4) is 0 Å². The first-order chi connectivity index (χ1) is 8.60. The van der Waals surface area contributed by atoms with Gasteiger partial charge in [-0.3, -0.25) is 0 Å². The second kappa shape index (κ2) is 5.19. The zero-order valence-corrected chi connectivity index (χ0v) is 11.4. The summed E-state index contributed by atoms with van der Waals surface area (Å²) in [4.78, 5) is 8.16. The van der Waals surface area contributed by atoms with E-state index in [0.717, 1.165) is 0 Å². The SMILES string of the molecule is CC(C)Oc1ncc(-c2ncc(Br)o2)cc1C#N. The highest BCUT2D eigenvalue weighted by atomic mass is 79.9. The topological polar surface area (TPSA) is 71.9 Å². The lowest BCUT2D eigenvalue weighted by molar-refractivity contribution is 0.232. The van der Waals surface area contributed by atoms with E-state index < -0.39 is 0 Å². The molecule has 5 nitrogen and oxygen atoms in total. The molecule has 0 saturated heterocycles. The summed E-state index contributed by atoms with van der Waals surface area (Å²) in [5, 5.41) is 9.08. The fourth-order valence-corrected chi connectivity index (χ4v) is 1.61. The Bertz CT molecular complexity index is 602. The number of halogens is 1. The van der Waals surface area contributed by atoms with Gasteiger partial charge in [0.1, 0.15) is 11.6 Å². The van der Waals surface area contributed by atoms with E-state index in [2.05, 4.69) is 25.9 Å². The quantitative estimate of drug-likeness (QED) is 0.871. The van der Waals surface area contributed by atoms with Gasteiger partial charge in [0.25, 0.3) is 0 Å². The molecule has 2 aromatic rings. The van der Waals surface area contributed by atoms with Crippen LogP contribution < -0.4 is 4.74 Å². The maximum Gasteiger partial charge on any atom is 0.231 e. The van der Waals surface area contributed by atoms with Gasteiger partial charge in [0, 0.05) is 6.20 Å². The maximum absolute atomic E-state index is 9.08. The van der Waals surface area contributed by atoms with Crippen molar-refractivity contribution >= 4 is 15.9 Å². The number of aromatic nitrogens is 2. The van der Waals surface area contributed by atoms with Crippen LogP contribution in [0.1, 0.15) is 19.4 Å². The molecule has 0 amide bonds. The molecule has 0 atom stereocenters. The van der Waals surface area contributed by atoms with Crippen molar-refractivity contribution in [3.8, 4) is 23.4 Å². The van der Waals surface area contributed by atoms with Crippen molar-refractivity contribution in [2.24, 2.45) is 0 Å². The number of nitriles is 1. The molecule has 6 heteroatoms. The highest BCUT2D eigenvalue weighted by molar-refractivity contribution is 9.10. The Kier molecular flexibility index (Phi) is 3.63. The zero-order valence-electron chi connectivity index (χ0n) is 9.85. The monoisotopic (exact) mass is 307 g/mol. The molecule has 2 aromatic heterocycles. The van der Waals surface area contributed by atoms with Gasteiger partial charge in [0.2, 0.25) is 11.8 Å². The summed E-state index contributed by atoms with van der Waals surface area (Å²) in [5.41, 5.74) is 0.990. The Morgan fingerprint density at radius 1 is 1.39 bits per heavy atom. The van der Waals surface area contributed by atoms with Crippen LogP contribution in [0, 0.1) is 11.3 Å². The number of rotatable bonds is 3. The van der Waals surface area contributed by atoms with E-state index >= 15 is 0 Å². The Balaban J connectivity index is 2.39. The van der Waals surface area contributed by atoms with Crippen LogP contribution >= 0.6 is 15.9 Å². The van der Waals surface area contributed by atoms with Crippen molar-refractivity contribution in [2.45, 2.75) is 20.0 Å². The van der Waals surface area contributed by atoms with Crippen molar-refractivity contribution in [1.82, 2.24) is 9.97 Å². The highest BCUT2D eigenvalue weighted by Crippen LogP contribution is 2.25. The molecule has 0 aliphatic heterocycles. The number of hydrogen-bond donors (Lipinski definition) is 0. The number of nitrogens with zero attached hydrogens (tertiary/aromatic N) is 3. The standard InChI is InChI=1S/C12H10BrN3O2/c1-7(2)17-11-8(4-14)3-9(5-15-11)12-16-6-10(13)18-12/h3,5-7H,1-2H3. The first kappa shape index (κ1) is 12.6. The van der Waals surface area contributed by atoms with Crippen LogP contribution in [0.25, 0.3) is 11.5 Å². The number of oxazole rings is 1. The average molecular weight is 308 g/mol. The third-order valence-corrected chi connectivity index (χ3v) is 2.41. The second-order valence-electron chi connectivity index (χ2n) is 3.82. The van der Waals surface area contributed by atoms with Crippen LogP contribution in [0.2, 0.25) is 0 Å². The van der Waals surface area contributed by atoms with Gasteiger partial charge in [-0.1, -0.05) is 0 Å². The van der Waals surface area contributed by atoms with E-state index in [1.54, 1.807) is 18.5 Å². The molecule has 18 heavy (non-hydrogen) atoms. The van der Waals surface area contributed by atoms with Crippen molar-refractivity contribution in [3.63, 3.8) is 0 Å². The fraction of sp³-hybridized carbons (Fsp3) is 0.250. The third-order valence-electron chi connectivity index (χ3n) is 2.04. The van der Waals surface area contributed by atoms with Crippen LogP contribution in [-0.2, 0) is 0 Å². The molecule has 2 rings (SSSR count). The van der Waals surface area contributed by atoms with E-state index in [-0.39, 0.29) is 6.10 Å². The van der Waals surface area contributed by atoms with E-state index in [1.165, 1.54) is 0 Å². The minimum atomic E-state index is -0.0358. The summed E-state index contributed by atoms with van der Waals surface area (Å²) >= 11 is 3.17. The Morgan fingerprint density at radius 2 is 2.17 bits per heavy atom. The number of pyridine rings is 1. The first-order valence-corrected chi connectivity index (χ1v) is 6.08. The predicted molar refractivity (Wildman–Crippen MR) is 67.9 cm³/mol. The highest BCUT2D eigenvalue weighted by Gasteiger charge is 2.12. The molecule has 0 aliphatic carbocycles. The molecule has 0 aliphatic rings. The van der Waals surface area contributed by atoms with Gasteiger partial charge in [-0.25, -0.2) is 9.97 Å². The first-order valence-electron chi connectivity index (χ1n) is 5.28. The summed E-state index contributed by atoms with van der Waals surface area (Å²) < 4.78 is 11.3. The molecule has 0 saturated carbocycles. The van der Waals surface area contributed by atoms with Crippen molar-refractivity contribution in [2.75, 3.05) is 0 Å². The van der Waals surface area contributed by atoms with Crippen LogP contribution in [-0.4, -0.2) is 16.1 Å². The molecule has 0 N–H and O–H groups in total. The minimum Gasteiger partial charge on any atom is -0.474 e. The summed E-state index contributed by atoms with van der Waals surface area (Å²) in [6, 6.07) is 3.69. The van der Waals surface area contributed by atoms with Gasteiger partial charge in [0.05, 0.1) is 17.9 Å². The zero-order chi connectivity index (χ0) is 13.1. The molecule has 92 valence electrons. The van der Waals surface area contributed by atoms with Gasteiger partial charge in [-0.2, -0.15) is 5.26 Å². The van der Waals surface area contributed by atoms with Gasteiger partial charge >= 0.3 is 0 Å².